The predicted octanol–water partition coefficient (Wildman–Crippen LogP) is 4.35. The molecular weight excluding hydrogens is 464 g/mol. The molecule has 0 unspecified atom stereocenters. The molecule has 0 bridgehead atoms. The van der Waals surface area contributed by atoms with Crippen LogP contribution in [0.4, 0.5) is 10.6 Å². The average Bonchev–Trinajstić information content (AvgIpc) is 3.52. The summed E-state index contributed by atoms with van der Waals surface area (Å²) in [6, 6.07) is 8.04. The van der Waals surface area contributed by atoms with Crippen molar-refractivity contribution in [1.29, 1.82) is 0 Å². The number of nitrogens with one attached hydrogen (secondary N) is 3. The predicted molar refractivity (Wildman–Crippen MR) is 132 cm³/mol. The number of carbonyl (C=O) groups excluding carboxylic acids is 3. The largest absolute Gasteiger partial charge is 0.436 e. The summed E-state index contributed by atoms with van der Waals surface area (Å²) >= 11 is 0. The number of ether oxygens (including phenoxy) is 1. The first-order valence-electron chi connectivity index (χ1n) is 11.8. The van der Waals surface area contributed by atoms with Crippen molar-refractivity contribution in [3.63, 3.8) is 0 Å². The highest BCUT2D eigenvalue weighted by molar-refractivity contribution is 6.42. The third kappa shape index (κ3) is 7.00. The van der Waals surface area contributed by atoms with Crippen LogP contribution in [0.15, 0.2) is 40.9 Å². The number of nitrogens with zero attached hydrogens (tertiary/aromatic N) is 3. The van der Waals surface area contributed by atoms with Crippen molar-refractivity contribution in [2.24, 2.45) is 5.41 Å². The van der Waals surface area contributed by atoms with E-state index in [0.717, 1.165) is 17.5 Å². The van der Waals surface area contributed by atoms with Gasteiger partial charge in [0, 0.05) is 17.0 Å². The van der Waals surface area contributed by atoms with E-state index in [9.17, 15) is 14.4 Å². The third-order valence-corrected chi connectivity index (χ3v) is 5.40. The van der Waals surface area contributed by atoms with Crippen molar-refractivity contribution >= 4 is 23.6 Å². The number of ketones is 1. The summed E-state index contributed by atoms with van der Waals surface area (Å²) in [5.41, 5.74) is 1.23. The number of hydrogen-bond donors (Lipinski definition) is 3. The van der Waals surface area contributed by atoms with Crippen LogP contribution >= 0.6 is 0 Å². The number of anilines is 1. The Labute approximate surface area is 209 Å². The van der Waals surface area contributed by atoms with E-state index < -0.39 is 35.3 Å². The van der Waals surface area contributed by atoms with Gasteiger partial charge in [-0.25, -0.2) is 4.79 Å². The Kier molecular flexibility index (Phi) is 8.57. The molecule has 0 saturated carbocycles. The maximum absolute atomic E-state index is 12.9. The molecule has 1 aromatic carbocycles. The fraction of sp³-hybridized carbons (Fsp3) is 0.440. The molecule has 0 aliphatic rings. The molecule has 11 nitrogen and oxygen atoms in total. The van der Waals surface area contributed by atoms with Gasteiger partial charge in [-0.3, -0.25) is 14.7 Å². The van der Waals surface area contributed by atoms with E-state index in [4.69, 9.17) is 9.15 Å². The minimum absolute atomic E-state index is 0.127. The number of carbonyl (C=O) groups is 3. The van der Waals surface area contributed by atoms with Crippen LogP contribution in [0.1, 0.15) is 64.5 Å². The van der Waals surface area contributed by atoms with Crippen LogP contribution in [-0.4, -0.2) is 44.2 Å². The number of hydrogen-bond acceptors (Lipinski definition) is 8. The lowest BCUT2D eigenvalue weighted by molar-refractivity contribution is -0.136. The first-order chi connectivity index (χ1) is 17.1. The Morgan fingerprint density at radius 2 is 1.83 bits per heavy atom. The summed E-state index contributed by atoms with van der Waals surface area (Å²) in [6.07, 6.45) is 1.36. The van der Waals surface area contributed by atoms with Crippen molar-refractivity contribution < 1.29 is 23.5 Å². The molecule has 11 heteroatoms. The molecule has 0 aliphatic carbocycles. The number of rotatable bonds is 10. The summed E-state index contributed by atoms with van der Waals surface area (Å²) in [5, 5.41) is 19.5. The van der Waals surface area contributed by atoms with Gasteiger partial charge in [0.2, 0.25) is 11.7 Å². The topological polar surface area (TPSA) is 152 Å². The van der Waals surface area contributed by atoms with Crippen molar-refractivity contribution in [1.82, 2.24) is 25.7 Å². The first kappa shape index (κ1) is 26.6. The number of Topliss-reactive ketones (excluding diaryl/α,β-unsaturated/α-hetero) is 1. The SMILES string of the molecule is CCCC[C@H](NC(=O)O[C@H](c1nnc(-c2ccc(C)cc2)o1)C(C)(C)C)C(=O)C(=O)Nc1ccn[nH]1. The molecule has 2 amide bonds. The zero-order valence-electron chi connectivity index (χ0n) is 21.1. The minimum Gasteiger partial charge on any atom is -0.436 e. The van der Waals surface area contributed by atoms with Gasteiger partial charge in [-0.15, -0.1) is 10.2 Å². The maximum atomic E-state index is 12.9. The zero-order chi connectivity index (χ0) is 26.3. The van der Waals surface area contributed by atoms with Crippen LogP contribution in [-0.2, 0) is 14.3 Å². The molecule has 3 rings (SSSR count). The Balaban J connectivity index is 1.73. The Morgan fingerprint density at radius 1 is 1.11 bits per heavy atom. The van der Waals surface area contributed by atoms with Crippen LogP contribution in [0.5, 0.6) is 0 Å². The lowest BCUT2D eigenvalue weighted by Gasteiger charge is -2.28. The summed E-state index contributed by atoms with van der Waals surface area (Å²) in [5.74, 6) is -0.954. The molecule has 0 fully saturated rings. The highest BCUT2D eigenvalue weighted by Gasteiger charge is 2.36. The van der Waals surface area contributed by atoms with Gasteiger partial charge < -0.3 is 19.8 Å². The number of benzene rings is 1. The van der Waals surface area contributed by atoms with Crippen LogP contribution in [0.25, 0.3) is 11.5 Å². The standard InChI is InChI=1S/C25H32N6O5/c1-6-7-8-17(19(32)21(33)28-18-13-14-26-29-18)27-24(34)35-20(25(3,4)5)23-31-30-22(36-23)16-11-9-15(2)10-12-16/h9-14,17,20H,6-8H2,1-5H3,(H,27,34)(H2,26,28,29,33)/t17-,20+/m0/s1. The highest BCUT2D eigenvalue weighted by Crippen LogP contribution is 2.36. The normalized spacial score (nSPS) is 13.0. The number of alkyl carbamates (subject to hydrolysis) is 1. The fourth-order valence-electron chi connectivity index (χ4n) is 3.38. The molecule has 36 heavy (non-hydrogen) atoms. The van der Waals surface area contributed by atoms with Gasteiger partial charge in [0.15, 0.2) is 6.10 Å². The van der Waals surface area contributed by atoms with Gasteiger partial charge in [0.25, 0.3) is 11.8 Å². The Morgan fingerprint density at radius 3 is 2.44 bits per heavy atom. The van der Waals surface area contributed by atoms with E-state index in [2.05, 4.69) is 31.0 Å². The Bertz CT molecular complexity index is 1160. The molecule has 2 atom stereocenters. The van der Waals surface area contributed by atoms with Gasteiger partial charge in [0.1, 0.15) is 11.9 Å². The van der Waals surface area contributed by atoms with Crippen LogP contribution in [0.3, 0.4) is 0 Å². The summed E-state index contributed by atoms with van der Waals surface area (Å²) in [7, 11) is 0. The second-order valence-corrected chi connectivity index (χ2v) is 9.59. The van der Waals surface area contributed by atoms with Gasteiger partial charge in [0.05, 0.1) is 6.20 Å². The average molecular weight is 497 g/mol. The quantitative estimate of drug-likeness (QED) is 0.350. The summed E-state index contributed by atoms with van der Waals surface area (Å²) in [6.45, 7) is 9.50. The van der Waals surface area contributed by atoms with E-state index in [1.807, 2.05) is 58.9 Å². The number of aromatic amines is 1. The molecule has 2 heterocycles. The first-order valence-corrected chi connectivity index (χ1v) is 11.8. The number of H-pyrrole nitrogens is 1. The second kappa shape index (κ2) is 11.6. The summed E-state index contributed by atoms with van der Waals surface area (Å²) < 4.78 is 11.5. The van der Waals surface area contributed by atoms with E-state index in [0.29, 0.717) is 12.3 Å². The molecule has 0 radical (unpaired) electrons. The van der Waals surface area contributed by atoms with Crippen LogP contribution in [0, 0.1) is 12.3 Å². The van der Waals surface area contributed by atoms with Crippen molar-refractivity contribution in [2.75, 3.05) is 5.32 Å². The fourth-order valence-corrected chi connectivity index (χ4v) is 3.38. The lowest BCUT2D eigenvalue weighted by Crippen LogP contribution is -2.46. The van der Waals surface area contributed by atoms with E-state index in [1.54, 1.807) is 0 Å². The number of aryl methyl sites for hydroxylation is 1. The lowest BCUT2D eigenvalue weighted by atomic mass is 9.89. The summed E-state index contributed by atoms with van der Waals surface area (Å²) in [4.78, 5) is 38.1. The molecule has 0 saturated heterocycles. The third-order valence-electron chi connectivity index (χ3n) is 5.40. The molecule has 0 aliphatic heterocycles. The van der Waals surface area contributed by atoms with Crippen molar-refractivity contribution in [3.8, 4) is 11.5 Å². The molecule has 0 spiro atoms. The molecule has 3 N–H and O–H groups in total. The Hall–Kier alpha value is -4.02. The van der Waals surface area contributed by atoms with Gasteiger partial charge in [-0.2, -0.15) is 5.10 Å². The minimum atomic E-state index is -1.06. The number of aromatic nitrogens is 4. The second-order valence-electron chi connectivity index (χ2n) is 9.59. The van der Waals surface area contributed by atoms with E-state index >= 15 is 0 Å². The zero-order valence-corrected chi connectivity index (χ0v) is 21.1. The molecule has 192 valence electrons. The number of unbranched alkanes of at least 4 members (excludes halogenated alkanes) is 1. The smallest absolute Gasteiger partial charge is 0.408 e. The maximum Gasteiger partial charge on any atom is 0.408 e. The van der Waals surface area contributed by atoms with E-state index in [1.165, 1.54) is 12.3 Å². The van der Waals surface area contributed by atoms with Crippen LogP contribution in [0.2, 0.25) is 0 Å². The van der Waals surface area contributed by atoms with E-state index in [-0.39, 0.29) is 18.1 Å². The van der Waals surface area contributed by atoms with Crippen molar-refractivity contribution in [3.05, 3.63) is 48.0 Å². The molecule has 2 aromatic heterocycles. The van der Waals surface area contributed by atoms with Crippen molar-refractivity contribution in [2.45, 2.75) is 66.0 Å². The molecular formula is C25H32N6O5. The molecule has 3 aromatic rings. The number of amides is 2. The van der Waals surface area contributed by atoms with Crippen LogP contribution < -0.4 is 10.6 Å². The van der Waals surface area contributed by atoms with Gasteiger partial charge in [-0.05, 0) is 25.5 Å². The monoisotopic (exact) mass is 496 g/mol. The van der Waals surface area contributed by atoms with Gasteiger partial charge >= 0.3 is 6.09 Å². The van der Waals surface area contributed by atoms with Gasteiger partial charge in [-0.1, -0.05) is 58.2 Å². The highest BCUT2D eigenvalue weighted by atomic mass is 16.6.